The van der Waals surface area contributed by atoms with Gasteiger partial charge < -0.3 is 0 Å². The molecule has 0 bridgehead atoms. The number of rotatable bonds is 0. The first-order valence-electron chi connectivity index (χ1n) is 4.87. The Balaban J connectivity index is 2.83. The molecule has 2 rings (SSSR count). The van der Waals surface area contributed by atoms with Crippen molar-refractivity contribution < 1.29 is 0 Å². The quantitative estimate of drug-likeness (QED) is 0.266. The van der Waals surface area contributed by atoms with Gasteiger partial charge >= 0.3 is 0 Å². The molecule has 0 aliphatic heterocycles. The summed E-state index contributed by atoms with van der Waals surface area (Å²) in [6, 6.07) is 12.4. The van der Waals surface area contributed by atoms with Gasteiger partial charge in [-0.2, -0.15) is 0 Å². The smallest absolute Gasteiger partial charge is 0.0616 e. The van der Waals surface area contributed by atoms with Crippen molar-refractivity contribution in [2.24, 2.45) is 0 Å². The van der Waals surface area contributed by atoms with Gasteiger partial charge in [-0.1, -0.05) is 132 Å². The van der Waals surface area contributed by atoms with E-state index in [0.717, 1.165) is 11.1 Å². The lowest BCUT2D eigenvalue weighted by molar-refractivity contribution is 1.35. The molecule has 0 saturated carbocycles. The molecule has 0 fully saturated rings. The molecule has 6 heteroatoms. The first-order chi connectivity index (χ1) is 8.21. The predicted molar refractivity (Wildman–Crippen MR) is 101 cm³/mol. The van der Waals surface area contributed by atoms with Crippen LogP contribution >= 0.6 is 95.6 Å². The van der Waals surface area contributed by atoms with Gasteiger partial charge in [0.1, 0.15) is 0 Å². The van der Waals surface area contributed by atoms with Crippen LogP contribution in [0.15, 0.2) is 36.4 Å². The molecule has 0 radical (unpaired) electrons. The molecule has 0 saturated heterocycles. The Morgan fingerprint density at radius 3 is 1.17 bits per heavy atom. The average Bonchev–Trinajstić information content (AvgIpc) is 2.24. The maximum Gasteiger partial charge on any atom is 0.160 e. The van der Waals surface area contributed by atoms with Gasteiger partial charge in [-0.25, -0.2) is 0 Å². The lowest BCUT2D eigenvalue weighted by atomic mass is 10.0. The number of alkyl halides is 6. The van der Waals surface area contributed by atoms with E-state index in [1.54, 1.807) is 0 Å². The largest absolute Gasteiger partial charge is 0.160 e. The van der Waals surface area contributed by atoms with Crippen LogP contribution in [-0.2, 0) is 4.29 Å². The molecule has 2 aromatic rings. The minimum absolute atomic E-state index is 0.418. The van der Waals surface area contributed by atoms with Gasteiger partial charge in [0.2, 0.25) is 0 Å². The fraction of sp³-hybridized carbons (Fsp3) is 0.167. The van der Waals surface area contributed by atoms with Crippen LogP contribution in [0, 0.1) is 0 Å². The summed E-state index contributed by atoms with van der Waals surface area (Å²) >= 11 is 21.5. The van der Waals surface area contributed by atoms with Crippen molar-refractivity contribution in [1.82, 2.24) is 0 Å². The van der Waals surface area contributed by atoms with Gasteiger partial charge in [-0.3, -0.25) is 0 Å². The maximum absolute atomic E-state index is 3.58. The van der Waals surface area contributed by atoms with Gasteiger partial charge in [0.25, 0.3) is 0 Å². The number of hydrogen-bond acceptors (Lipinski definition) is 0. The molecule has 0 spiro atoms. The highest BCUT2D eigenvalue weighted by Crippen LogP contribution is 2.51. The zero-order valence-electron chi connectivity index (χ0n) is 8.73. The highest BCUT2D eigenvalue weighted by molar-refractivity contribution is 9.39. The van der Waals surface area contributed by atoms with Crippen molar-refractivity contribution >= 4 is 106 Å². The second-order valence-electron chi connectivity index (χ2n) is 3.70. The highest BCUT2D eigenvalue weighted by atomic mass is 80.0. The number of fused-ring (bicyclic) bond motifs is 1. The summed E-state index contributed by atoms with van der Waals surface area (Å²) in [5, 5.41) is 2.34. The van der Waals surface area contributed by atoms with E-state index in [-0.39, 0.29) is 0 Å². The summed E-state index contributed by atoms with van der Waals surface area (Å²) in [6.45, 7) is 0. The molecule has 18 heavy (non-hydrogen) atoms. The molecule has 0 aromatic heterocycles. The molecule has 0 nitrogen and oxygen atoms in total. The molecule has 0 aliphatic carbocycles. The van der Waals surface area contributed by atoms with Crippen molar-refractivity contribution in [2.75, 3.05) is 0 Å². The molecule has 0 amide bonds. The summed E-state index contributed by atoms with van der Waals surface area (Å²) in [5.74, 6) is 0. The van der Waals surface area contributed by atoms with Crippen LogP contribution in [-0.4, -0.2) is 0 Å². The molecule has 2 aromatic carbocycles. The topological polar surface area (TPSA) is 0 Å². The Morgan fingerprint density at radius 1 is 0.556 bits per heavy atom. The zero-order chi connectivity index (χ0) is 13.6. The first kappa shape index (κ1) is 16.0. The Hall–Kier alpha value is 1.58. The van der Waals surface area contributed by atoms with E-state index in [1.165, 1.54) is 10.8 Å². The van der Waals surface area contributed by atoms with Gasteiger partial charge in [-0.05, 0) is 21.9 Å². The predicted octanol–water partition coefficient (Wildman–Crippen LogP) is 7.43. The van der Waals surface area contributed by atoms with E-state index < -0.39 is 4.29 Å². The van der Waals surface area contributed by atoms with Crippen LogP contribution < -0.4 is 0 Å². The lowest BCUT2D eigenvalue weighted by Crippen LogP contribution is -2.04. The van der Waals surface area contributed by atoms with Gasteiger partial charge in [0.05, 0.1) is 0 Å². The second-order valence-corrected chi connectivity index (χ2v) is 17.2. The molecule has 0 aliphatic rings. The Kier molecular flexibility index (Phi) is 5.11. The zero-order valence-corrected chi connectivity index (χ0v) is 18.2. The summed E-state index contributed by atoms with van der Waals surface area (Å²) in [5.41, 5.74) is 2.25. The Morgan fingerprint density at radius 2 is 0.889 bits per heavy atom. The minimum atomic E-state index is -0.418. The monoisotopic (exact) mass is 624 g/mol. The van der Waals surface area contributed by atoms with Gasteiger partial charge in [0.15, 0.2) is 4.29 Å². The van der Waals surface area contributed by atoms with E-state index in [4.69, 9.17) is 0 Å². The van der Waals surface area contributed by atoms with E-state index >= 15 is 0 Å². The van der Waals surface area contributed by atoms with Crippen molar-refractivity contribution in [3.05, 3.63) is 47.5 Å². The lowest BCUT2D eigenvalue weighted by Gasteiger charge is -2.21. The first-order valence-corrected chi connectivity index (χ1v) is 9.63. The molecular weight excluding hydrogens is 624 g/mol. The van der Waals surface area contributed by atoms with Crippen LogP contribution in [0.4, 0.5) is 0 Å². The molecule has 0 N–H and O–H groups in total. The third-order valence-corrected chi connectivity index (χ3v) is 5.10. The second kappa shape index (κ2) is 5.76. The number of hydrogen-bond donors (Lipinski definition) is 0. The average molecular weight is 630 g/mol. The fourth-order valence-corrected chi connectivity index (χ4v) is 3.87. The van der Waals surface area contributed by atoms with E-state index in [1.807, 2.05) is 12.1 Å². The standard InChI is InChI=1S/C12H6Br6/c13-11(14,15)9-5-6-10(12(16,17)18)8-4-2-1-3-7(8)9/h1-6H. The van der Waals surface area contributed by atoms with E-state index in [2.05, 4.69) is 120 Å². The maximum atomic E-state index is 3.58. The highest BCUT2D eigenvalue weighted by Gasteiger charge is 2.28. The van der Waals surface area contributed by atoms with E-state index in [0.29, 0.717) is 0 Å². The molecule has 0 heterocycles. The SMILES string of the molecule is BrC(Br)(Br)c1ccc(C(Br)(Br)Br)c2ccccc12. The molecule has 0 atom stereocenters. The summed E-state index contributed by atoms with van der Waals surface area (Å²) in [7, 11) is 0. The third-order valence-electron chi connectivity index (χ3n) is 2.53. The molecular formula is C12H6Br6. The van der Waals surface area contributed by atoms with Crippen molar-refractivity contribution in [3.63, 3.8) is 0 Å². The van der Waals surface area contributed by atoms with Crippen molar-refractivity contribution in [2.45, 2.75) is 4.29 Å². The third kappa shape index (κ3) is 3.42. The van der Waals surface area contributed by atoms with Crippen molar-refractivity contribution in [3.8, 4) is 0 Å². The van der Waals surface area contributed by atoms with Crippen LogP contribution in [0.2, 0.25) is 0 Å². The minimum Gasteiger partial charge on any atom is -0.0616 e. The molecule has 0 unspecified atom stereocenters. The van der Waals surface area contributed by atoms with Crippen LogP contribution in [0.1, 0.15) is 11.1 Å². The van der Waals surface area contributed by atoms with Crippen molar-refractivity contribution in [1.29, 1.82) is 0 Å². The van der Waals surface area contributed by atoms with Crippen LogP contribution in [0.25, 0.3) is 10.8 Å². The number of benzene rings is 2. The number of halogens is 6. The van der Waals surface area contributed by atoms with Gasteiger partial charge in [-0.15, -0.1) is 0 Å². The summed E-state index contributed by atoms with van der Waals surface area (Å²) < 4.78 is -0.836. The molecule has 96 valence electrons. The fourth-order valence-electron chi connectivity index (χ4n) is 1.79. The summed E-state index contributed by atoms with van der Waals surface area (Å²) in [6.07, 6.45) is 0. The van der Waals surface area contributed by atoms with Crippen LogP contribution in [0.3, 0.4) is 0 Å². The van der Waals surface area contributed by atoms with E-state index in [9.17, 15) is 0 Å². The van der Waals surface area contributed by atoms with Gasteiger partial charge in [0, 0.05) is 0 Å². The Labute approximate surface area is 156 Å². The summed E-state index contributed by atoms with van der Waals surface area (Å²) in [4.78, 5) is 0. The normalized spacial score (nSPS) is 13.0. The van der Waals surface area contributed by atoms with Crippen LogP contribution in [0.5, 0.6) is 0 Å². The Bertz CT molecular complexity index is 527.